The van der Waals surface area contributed by atoms with E-state index in [-0.39, 0.29) is 6.10 Å². The summed E-state index contributed by atoms with van der Waals surface area (Å²) >= 11 is 5.87. The molecular weight excluding hydrogens is 220 g/mol. The lowest BCUT2D eigenvalue weighted by Crippen LogP contribution is -2.06. The molecule has 0 spiro atoms. The summed E-state index contributed by atoms with van der Waals surface area (Å²) in [5, 5.41) is 0. The SMILES string of the molecule is CCC(=Cc1ccccc1OC(C)C)CCl. The molecule has 0 radical (unpaired) electrons. The molecule has 0 amide bonds. The van der Waals surface area contributed by atoms with Crippen molar-refractivity contribution >= 4 is 17.7 Å². The van der Waals surface area contributed by atoms with Crippen molar-refractivity contribution in [2.45, 2.75) is 33.3 Å². The van der Waals surface area contributed by atoms with Crippen molar-refractivity contribution in [2.24, 2.45) is 0 Å². The van der Waals surface area contributed by atoms with Gasteiger partial charge in [-0.15, -0.1) is 11.6 Å². The van der Waals surface area contributed by atoms with Gasteiger partial charge in [0.15, 0.2) is 0 Å². The Labute approximate surface area is 103 Å². The molecular formula is C14H19ClO. The van der Waals surface area contributed by atoms with Gasteiger partial charge in [0.25, 0.3) is 0 Å². The number of hydrogen-bond acceptors (Lipinski definition) is 1. The second kappa shape index (κ2) is 6.59. The minimum atomic E-state index is 0.190. The van der Waals surface area contributed by atoms with E-state index < -0.39 is 0 Å². The molecule has 2 heteroatoms. The maximum absolute atomic E-state index is 5.87. The molecule has 1 nitrogen and oxygen atoms in total. The summed E-state index contributed by atoms with van der Waals surface area (Å²) in [6, 6.07) is 8.05. The van der Waals surface area contributed by atoms with E-state index >= 15 is 0 Å². The van der Waals surface area contributed by atoms with Gasteiger partial charge in [-0.25, -0.2) is 0 Å². The zero-order valence-corrected chi connectivity index (χ0v) is 10.9. The van der Waals surface area contributed by atoms with Gasteiger partial charge in [-0.2, -0.15) is 0 Å². The van der Waals surface area contributed by atoms with Gasteiger partial charge in [-0.1, -0.05) is 36.8 Å². The summed E-state index contributed by atoms with van der Waals surface area (Å²) < 4.78 is 5.75. The highest BCUT2D eigenvalue weighted by Crippen LogP contribution is 2.23. The molecule has 0 bridgehead atoms. The van der Waals surface area contributed by atoms with Crippen LogP contribution in [0.2, 0.25) is 0 Å². The lowest BCUT2D eigenvalue weighted by molar-refractivity contribution is 0.242. The summed E-state index contributed by atoms with van der Waals surface area (Å²) in [7, 11) is 0. The van der Waals surface area contributed by atoms with Crippen LogP contribution in [0.15, 0.2) is 29.8 Å². The highest BCUT2D eigenvalue weighted by Gasteiger charge is 2.03. The minimum Gasteiger partial charge on any atom is -0.490 e. The topological polar surface area (TPSA) is 9.23 Å². The number of halogens is 1. The Kier molecular flexibility index (Phi) is 5.41. The Morgan fingerprint density at radius 3 is 2.62 bits per heavy atom. The van der Waals surface area contributed by atoms with Crippen LogP contribution in [0.25, 0.3) is 6.08 Å². The molecule has 0 aliphatic carbocycles. The predicted molar refractivity (Wildman–Crippen MR) is 71.2 cm³/mol. The predicted octanol–water partition coefficient (Wildman–Crippen LogP) is 4.51. The summed E-state index contributed by atoms with van der Waals surface area (Å²) in [6.45, 7) is 6.17. The molecule has 0 heterocycles. The van der Waals surface area contributed by atoms with Gasteiger partial charge in [0.1, 0.15) is 5.75 Å². The van der Waals surface area contributed by atoms with Crippen LogP contribution in [0.1, 0.15) is 32.8 Å². The lowest BCUT2D eigenvalue weighted by atomic mass is 10.1. The molecule has 0 fully saturated rings. The van der Waals surface area contributed by atoms with E-state index in [0.717, 1.165) is 17.7 Å². The number of para-hydroxylation sites is 1. The van der Waals surface area contributed by atoms with E-state index in [4.69, 9.17) is 16.3 Å². The standard InChI is InChI=1S/C14H19ClO/c1-4-12(10-15)9-13-7-5-6-8-14(13)16-11(2)3/h5-9,11H,4,10H2,1-3H3. The molecule has 1 rings (SSSR count). The van der Waals surface area contributed by atoms with Crippen LogP contribution < -0.4 is 4.74 Å². The van der Waals surface area contributed by atoms with Crippen molar-refractivity contribution in [1.29, 1.82) is 0 Å². The minimum absolute atomic E-state index is 0.190. The van der Waals surface area contributed by atoms with Crippen molar-refractivity contribution in [3.63, 3.8) is 0 Å². The van der Waals surface area contributed by atoms with Crippen LogP contribution in [-0.4, -0.2) is 12.0 Å². The fourth-order valence-corrected chi connectivity index (χ4v) is 1.68. The zero-order valence-electron chi connectivity index (χ0n) is 10.2. The highest BCUT2D eigenvalue weighted by molar-refractivity contribution is 6.19. The van der Waals surface area contributed by atoms with Crippen LogP contribution in [0, 0.1) is 0 Å². The van der Waals surface area contributed by atoms with Gasteiger partial charge in [-0.05, 0) is 26.3 Å². The van der Waals surface area contributed by atoms with Crippen LogP contribution in [0.4, 0.5) is 0 Å². The molecule has 0 aromatic heterocycles. The molecule has 0 aliphatic rings. The molecule has 0 unspecified atom stereocenters. The van der Waals surface area contributed by atoms with Crippen molar-refractivity contribution in [2.75, 3.05) is 5.88 Å². The number of allylic oxidation sites excluding steroid dienone is 1. The molecule has 0 saturated heterocycles. The Morgan fingerprint density at radius 1 is 1.38 bits per heavy atom. The van der Waals surface area contributed by atoms with Gasteiger partial charge in [0, 0.05) is 11.4 Å². The molecule has 1 aromatic rings. The molecule has 0 atom stereocenters. The Hall–Kier alpha value is -0.950. The molecule has 0 saturated carbocycles. The molecule has 88 valence electrons. The number of hydrogen-bond donors (Lipinski definition) is 0. The molecule has 16 heavy (non-hydrogen) atoms. The van der Waals surface area contributed by atoms with Crippen molar-refractivity contribution in [3.05, 3.63) is 35.4 Å². The average molecular weight is 239 g/mol. The largest absolute Gasteiger partial charge is 0.490 e. The first kappa shape index (κ1) is 13.1. The molecule has 0 N–H and O–H groups in total. The van der Waals surface area contributed by atoms with E-state index in [9.17, 15) is 0 Å². The van der Waals surface area contributed by atoms with Gasteiger partial charge in [0.2, 0.25) is 0 Å². The second-order valence-electron chi connectivity index (χ2n) is 3.99. The summed E-state index contributed by atoms with van der Waals surface area (Å²) in [5.41, 5.74) is 2.33. The maximum atomic E-state index is 5.87. The quantitative estimate of drug-likeness (QED) is 0.686. The fraction of sp³-hybridized carbons (Fsp3) is 0.429. The maximum Gasteiger partial charge on any atom is 0.126 e. The van der Waals surface area contributed by atoms with E-state index in [1.165, 1.54) is 5.57 Å². The summed E-state index contributed by atoms with van der Waals surface area (Å²) in [6.07, 6.45) is 3.28. The van der Waals surface area contributed by atoms with Crippen LogP contribution in [0.5, 0.6) is 5.75 Å². The van der Waals surface area contributed by atoms with E-state index in [0.29, 0.717) is 5.88 Å². The van der Waals surface area contributed by atoms with Crippen molar-refractivity contribution < 1.29 is 4.74 Å². The number of benzene rings is 1. The highest BCUT2D eigenvalue weighted by atomic mass is 35.5. The van der Waals surface area contributed by atoms with Crippen LogP contribution in [0.3, 0.4) is 0 Å². The van der Waals surface area contributed by atoms with E-state index in [1.54, 1.807) is 0 Å². The van der Waals surface area contributed by atoms with Crippen molar-refractivity contribution in [3.8, 4) is 5.75 Å². The monoisotopic (exact) mass is 238 g/mol. The van der Waals surface area contributed by atoms with Gasteiger partial charge in [-0.3, -0.25) is 0 Å². The first-order valence-corrected chi connectivity index (χ1v) is 6.22. The first-order chi connectivity index (χ1) is 7.67. The summed E-state index contributed by atoms with van der Waals surface area (Å²) in [4.78, 5) is 0. The van der Waals surface area contributed by atoms with E-state index in [1.807, 2.05) is 32.0 Å². The Bertz CT molecular complexity index is 350. The van der Waals surface area contributed by atoms with Crippen LogP contribution >= 0.6 is 11.6 Å². The fourth-order valence-electron chi connectivity index (χ4n) is 1.42. The van der Waals surface area contributed by atoms with Crippen molar-refractivity contribution in [1.82, 2.24) is 0 Å². The zero-order chi connectivity index (χ0) is 12.0. The third-order valence-electron chi connectivity index (χ3n) is 2.27. The third-order valence-corrected chi connectivity index (χ3v) is 2.61. The second-order valence-corrected chi connectivity index (χ2v) is 4.26. The van der Waals surface area contributed by atoms with Gasteiger partial charge in [0.05, 0.1) is 6.10 Å². The first-order valence-electron chi connectivity index (χ1n) is 5.68. The average Bonchev–Trinajstić information content (AvgIpc) is 2.27. The third kappa shape index (κ3) is 3.90. The number of rotatable bonds is 5. The van der Waals surface area contributed by atoms with E-state index in [2.05, 4.69) is 19.1 Å². The van der Waals surface area contributed by atoms with Crippen LogP contribution in [-0.2, 0) is 0 Å². The number of alkyl halides is 1. The summed E-state index contributed by atoms with van der Waals surface area (Å²) in [5.74, 6) is 1.50. The lowest BCUT2D eigenvalue weighted by Gasteiger charge is -2.12. The smallest absolute Gasteiger partial charge is 0.126 e. The van der Waals surface area contributed by atoms with Gasteiger partial charge >= 0.3 is 0 Å². The van der Waals surface area contributed by atoms with Gasteiger partial charge < -0.3 is 4.74 Å². The Morgan fingerprint density at radius 2 is 2.06 bits per heavy atom. The number of ether oxygens (including phenoxy) is 1. The molecule has 1 aromatic carbocycles. The molecule has 0 aliphatic heterocycles. The Balaban J connectivity index is 2.98. The normalized spacial score (nSPS) is 11.9.